The third kappa shape index (κ3) is 4.67. The summed E-state index contributed by atoms with van der Waals surface area (Å²) in [6, 6.07) is 16.5. The average Bonchev–Trinajstić information content (AvgIpc) is 3.51. The van der Waals surface area contributed by atoms with Gasteiger partial charge in [-0.05, 0) is 0 Å². The van der Waals surface area contributed by atoms with Gasteiger partial charge in [0, 0.05) is 0 Å². The Morgan fingerprint density at radius 1 is 0.645 bits per heavy atom. The molecule has 2 aromatic rings. The molecule has 31 heavy (non-hydrogen) atoms. The van der Waals surface area contributed by atoms with Crippen molar-refractivity contribution in [1.82, 2.24) is 0 Å². The monoisotopic (exact) mass is 486 g/mol. The second-order valence-electron chi connectivity index (χ2n) is 7.72. The van der Waals surface area contributed by atoms with E-state index in [1.807, 2.05) is 36.4 Å². The Morgan fingerprint density at radius 3 is 1.42 bits per heavy atom. The third-order valence-corrected chi connectivity index (χ3v) is 14.7. The Hall–Kier alpha value is -2.64. The maximum absolute atomic E-state index is 7.10. The fourth-order valence-electron chi connectivity index (χ4n) is 4.11. The van der Waals surface area contributed by atoms with Crippen molar-refractivity contribution in [1.29, 1.82) is 0 Å². The van der Waals surface area contributed by atoms with Gasteiger partial charge in [0.25, 0.3) is 0 Å². The average molecular weight is 488 g/mol. The van der Waals surface area contributed by atoms with E-state index in [0.717, 1.165) is 35.5 Å². The summed E-state index contributed by atoms with van der Waals surface area (Å²) in [7, 11) is 0. The minimum atomic E-state index is -3.96. The quantitative estimate of drug-likeness (QED) is 0.325. The fourth-order valence-corrected chi connectivity index (χ4v) is 13.0. The van der Waals surface area contributed by atoms with E-state index in [4.69, 9.17) is 5.63 Å². The molecule has 0 fully saturated rings. The van der Waals surface area contributed by atoms with Gasteiger partial charge in [-0.1, -0.05) is 0 Å². The summed E-state index contributed by atoms with van der Waals surface area (Å²) in [6.07, 6.45) is 22.8. The van der Waals surface area contributed by atoms with Crippen LogP contribution in [0.15, 0.2) is 122 Å². The maximum atomic E-state index is 7.10. The van der Waals surface area contributed by atoms with Crippen LogP contribution < -0.4 is 5.63 Å². The molecule has 2 aromatic carbocycles. The Balaban J connectivity index is 1.84. The van der Waals surface area contributed by atoms with Crippen molar-refractivity contribution in [3.05, 3.63) is 134 Å². The molecule has 4 rings (SSSR count). The van der Waals surface area contributed by atoms with Crippen LogP contribution in [0.2, 0.25) is 7.25 Å². The van der Waals surface area contributed by atoms with Gasteiger partial charge in [-0.2, -0.15) is 0 Å². The fraction of sp³-hybridized carbons (Fsp3) is 0.143. The van der Waals surface area contributed by atoms with Crippen molar-refractivity contribution >= 4 is 0 Å². The van der Waals surface area contributed by atoms with E-state index >= 15 is 0 Å². The number of benzene rings is 2. The van der Waals surface area contributed by atoms with Crippen LogP contribution in [0.4, 0.5) is 0 Å². The SMILES string of the molecule is C=CCc1ccccc1[O][Zr]([O]c1ccccc1CC=C)([CH]1C=CC=C1)[CH]1C=CC=C1. The van der Waals surface area contributed by atoms with E-state index in [-0.39, 0.29) is 7.25 Å². The third-order valence-electron chi connectivity index (χ3n) is 5.64. The topological polar surface area (TPSA) is 18.5 Å². The Bertz CT molecular complexity index is 951. The molecule has 0 atom stereocenters. The zero-order valence-corrected chi connectivity index (χ0v) is 20.1. The molecule has 0 spiro atoms. The second-order valence-corrected chi connectivity index (χ2v) is 15.5. The summed E-state index contributed by atoms with van der Waals surface area (Å²) < 4.78 is 14.5. The molecule has 0 aromatic heterocycles. The molecular formula is C28H28O2Zr. The van der Waals surface area contributed by atoms with E-state index in [0.29, 0.717) is 0 Å². The number of rotatable bonds is 10. The van der Waals surface area contributed by atoms with E-state index in [1.165, 1.54) is 0 Å². The van der Waals surface area contributed by atoms with Crippen molar-refractivity contribution in [2.24, 2.45) is 0 Å². The van der Waals surface area contributed by atoms with Gasteiger partial charge < -0.3 is 0 Å². The summed E-state index contributed by atoms with van der Waals surface area (Å²) in [4.78, 5) is 0. The minimum absolute atomic E-state index is 0.153. The van der Waals surface area contributed by atoms with Crippen LogP contribution in [0.25, 0.3) is 0 Å². The molecule has 0 saturated carbocycles. The molecule has 0 saturated heterocycles. The molecular weight excluding hydrogens is 460 g/mol. The van der Waals surface area contributed by atoms with Crippen LogP contribution in [0, 0.1) is 0 Å². The summed E-state index contributed by atoms with van der Waals surface area (Å²) >= 11 is -3.96. The van der Waals surface area contributed by atoms with Gasteiger partial charge in [0.15, 0.2) is 0 Å². The van der Waals surface area contributed by atoms with Gasteiger partial charge in [0.05, 0.1) is 0 Å². The molecule has 2 aliphatic rings. The van der Waals surface area contributed by atoms with Crippen LogP contribution >= 0.6 is 0 Å². The van der Waals surface area contributed by atoms with Crippen molar-refractivity contribution in [3.63, 3.8) is 0 Å². The van der Waals surface area contributed by atoms with Crippen molar-refractivity contribution in [2.45, 2.75) is 20.1 Å². The summed E-state index contributed by atoms with van der Waals surface area (Å²) in [5.41, 5.74) is 2.27. The van der Waals surface area contributed by atoms with Crippen molar-refractivity contribution in [3.8, 4) is 11.5 Å². The number of hydrogen-bond acceptors (Lipinski definition) is 2. The molecule has 0 amide bonds. The van der Waals surface area contributed by atoms with Crippen LogP contribution in [0.1, 0.15) is 11.1 Å². The predicted octanol–water partition coefficient (Wildman–Crippen LogP) is 7.41. The van der Waals surface area contributed by atoms with Gasteiger partial charge in [-0.3, -0.25) is 0 Å². The molecule has 0 radical (unpaired) electrons. The van der Waals surface area contributed by atoms with Crippen LogP contribution in [0.3, 0.4) is 0 Å². The second kappa shape index (κ2) is 10.1. The van der Waals surface area contributed by atoms with E-state index in [9.17, 15) is 0 Å². The van der Waals surface area contributed by atoms with Gasteiger partial charge >= 0.3 is 192 Å². The molecule has 3 heteroatoms. The Kier molecular flexibility index (Phi) is 7.04. The molecule has 2 aliphatic carbocycles. The number of hydrogen-bond donors (Lipinski definition) is 0. The molecule has 156 valence electrons. The van der Waals surface area contributed by atoms with Crippen molar-refractivity contribution in [2.75, 3.05) is 0 Å². The molecule has 0 bridgehead atoms. The summed E-state index contributed by atoms with van der Waals surface area (Å²) in [5, 5.41) is 0. The van der Waals surface area contributed by atoms with Crippen LogP contribution in [-0.4, -0.2) is 0 Å². The van der Waals surface area contributed by atoms with Crippen molar-refractivity contribution < 1.29 is 26.8 Å². The number of para-hydroxylation sites is 2. The molecule has 0 N–H and O–H groups in total. The summed E-state index contributed by atoms with van der Waals surface area (Å²) in [6.45, 7) is 7.85. The standard InChI is InChI=1S/2C9H10O.2C5H5.Zr/c2*1-2-5-8-6-3-4-7-9(8)10;2*1-2-4-5-3-1;/h2*2-4,6-7,10H,1,5H2;2*1-5H;/q;;;;+2/p-2. The van der Waals surface area contributed by atoms with Gasteiger partial charge in [0.1, 0.15) is 0 Å². The zero-order chi connectivity index (χ0) is 21.5. The Labute approximate surface area is 191 Å². The first-order chi connectivity index (χ1) is 15.3. The molecule has 0 aliphatic heterocycles. The first kappa shape index (κ1) is 21.6. The molecule has 0 heterocycles. The number of allylic oxidation sites excluding steroid dienone is 10. The Morgan fingerprint density at radius 2 is 1.03 bits per heavy atom. The molecule has 0 unspecified atom stereocenters. The van der Waals surface area contributed by atoms with Crippen LogP contribution in [0.5, 0.6) is 11.5 Å². The zero-order valence-electron chi connectivity index (χ0n) is 17.7. The van der Waals surface area contributed by atoms with Gasteiger partial charge in [0.2, 0.25) is 0 Å². The van der Waals surface area contributed by atoms with Gasteiger partial charge in [-0.15, -0.1) is 0 Å². The first-order valence-corrected chi connectivity index (χ1v) is 15.6. The van der Waals surface area contributed by atoms with E-state index < -0.39 is 21.1 Å². The van der Waals surface area contributed by atoms with Gasteiger partial charge in [-0.25, -0.2) is 0 Å². The van der Waals surface area contributed by atoms with E-state index in [2.05, 4.69) is 86.0 Å². The first-order valence-electron chi connectivity index (χ1n) is 10.7. The van der Waals surface area contributed by atoms with Crippen LogP contribution in [-0.2, 0) is 34.0 Å². The predicted molar refractivity (Wildman–Crippen MR) is 126 cm³/mol. The normalized spacial score (nSPS) is 15.5. The van der Waals surface area contributed by atoms with E-state index in [1.54, 1.807) is 0 Å². The summed E-state index contributed by atoms with van der Waals surface area (Å²) in [5.74, 6) is 1.81. The molecule has 2 nitrogen and oxygen atoms in total.